The van der Waals surface area contributed by atoms with Gasteiger partial charge in [0.15, 0.2) is 5.82 Å². The third kappa shape index (κ3) is 2.43. The van der Waals surface area contributed by atoms with Gasteiger partial charge in [0.2, 0.25) is 0 Å². The molecule has 1 saturated heterocycles. The summed E-state index contributed by atoms with van der Waals surface area (Å²) in [6.45, 7) is 5.28. The number of halogens is 1. The van der Waals surface area contributed by atoms with Crippen LogP contribution in [0.3, 0.4) is 0 Å². The van der Waals surface area contributed by atoms with E-state index in [9.17, 15) is 19.3 Å². The summed E-state index contributed by atoms with van der Waals surface area (Å²) in [4.78, 5) is 22.7. The smallest absolute Gasteiger partial charge is 0.342 e. The molecular weight excluding hydrogens is 267 g/mol. The van der Waals surface area contributed by atoms with Crippen LogP contribution in [-0.2, 0) is 0 Å². The standard InChI is InChI=1S/C13H15FN2O4/c1-7-5-15(6-8(7)2)12-3-9(13(17)18)11(16(19)20)4-10(12)14/h3-4,7-8H,5-6H2,1-2H3,(H,17,18). The van der Waals surface area contributed by atoms with Gasteiger partial charge in [0.25, 0.3) is 5.69 Å². The van der Waals surface area contributed by atoms with Gasteiger partial charge in [0, 0.05) is 13.1 Å². The van der Waals surface area contributed by atoms with E-state index in [0.717, 1.165) is 6.07 Å². The Kier molecular flexibility index (Phi) is 3.61. The van der Waals surface area contributed by atoms with Crippen LogP contribution < -0.4 is 4.90 Å². The van der Waals surface area contributed by atoms with Crippen molar-refractivity contribution in [1.82, 2.24) is 0 Å². The van der Waals surface area contributed by atoms with Crippen LogP contribution in [0.25, 0.3) is 0 Å². The molecule has 20 heavy (non-hydrogen) atoms. The highest BCUT2D eigenvalue weighted by molar-refractivity contribution is 5.93. The molecular formula is C13H15FN2O4. The molecule has 0 saturated carbocycles. The molecule has 0 bridgehead atoms. The normalized spacial score (nSPS) is 22.1. The highest BCUT2D eigenvalue weighted by Gasteiger charge is 2.31. The Hall–Kier alpha value is -2.18. The number of hydrogen-bond donors (Lipinski definition) is 1. The summed E-state index contributed by atoms with van der Waals surface area (Å²) in [7, 11) is 0. The van der Waals surface area contributed by atoms with E-state index in [2.05, 4.69) is 0 Å². The fourth-order valence-electron chi connectivity index (χ4n) is 2.44. The number of nitro groups is 1. The van der Waals surface area contributed by atoms with Crippen molar-refractivity contribution < 1.29 is 19.2 Å². The first kappa shape index (κ1) is 14.2. The van der Waals surface area contributed by atoms with Gasteiger partial charge in [-0.1, -0.05) is 13.8 Å². The molecule has 2 rings (SSSR count). The zero-order valence-corrected chi connectivity index (χ0v) is 11.2. The topological polar surface area (TPSA) is 83.7 Å². The van der Waals surface area contributed by atoms with Gasteiger partial charge in [-0.05, 0) is 17.9 Å². The predicted molar refractivity (Wildman–Crippen MR) is 70.6 cm³/mol. The van der Waals surface area contributed by atoms with E-state index in [1.54, 1.807) is 4.90 Å². The lowest BCUT2D eigenvalue weighted by molar-refractivity contribution is -0.385. The first-order chi connectivity index (χ1) is 9.31. The number of hydrogen-bond acceptors (Lipinski definition) is 4. The number of carboxylic acid groups (broad SMARTS) is 1. The van der Waals surface area contributed by atoms with Crippen LogP contribution >= 0.6 is 0 Å². The first-order valence-electron chi connectivity index (χ1n) is 6.27. The first-order valence-corrected chi connectivity index (χ1v) is 6.27. The molecule has 1 aliphatic rings. The van der Waals surface area contributed by atoms with Crippen LogP contribution in [0.2, 0.25) is 0 Å². The maximum Gasteiger partial charge on any atom is 0.342 e. The highest BCUT2D eigenvalue weighted by atomic mass is 19.1. The Morgan fingerprint density at radius 2 is 1.95 bits per heavy atom. The summed E-state index contributed by atoms with van der Waals surface area (Å²) in [5.74, 6) is -1.48. The fraction of sp³-hybridized carbons (Fsp3) is 0.462. The number of carbonyl (C=O) groups is 1. The molecule has 1 heterocycles. The van der Waals surface area contributed by atoms with Gasteiger partial charge < -0.3 is 10.0 Å². The summed E-state index contributed by atoms with van der Waals surface area (Å²) in [5, 5.41) is 19.8. The number of nitrogens with zero attached hydrogens (tertiary/aromatic N) is 2. The molecule has 108 valence electrons. The van der Waals surface area contributed by atoms with Crippen LogP contribution in [-0.4, -0.2) is 29.1 Å². The van der Waals surface area contributed by atoms with Gasteiger partial charge in [-0.25, -0.2) is 9.18 Å². The van der Waals surface area contributed by atoms with Crippen molar-refractivity contribution in [3.63, 3.8) is 0 Å². The van der Waals surface area contributed by atoms with Crippen molar-refractivity contribution >= 4 is 17.3 Å². The predicted octanol–water partition coefficient (Wildman–Crippen LogP) is 2.52. The van der Waals surface area contributed by atoms with E-state index < -0.39 is 28.0 Å². The van der Waals surface area contributed by atoms with E-state index >= 15 is 0 Å². The molecule has 6 nitrogen and oxygen atoms in total. The van der Waals surface area contributed by atoms with Crippen molar-refractivity contribution in [2.24, 2.45) is 11.8 Å². The zero-order chi connectivity index (χ0) is 15.0. The van der Waals surface area contributed by atoms with E-state index in [4.69, 9.17) is 5.11 Å². The van der Waals surface area contributed by atoms with Crippen LogP contribution in [0.4, 0.5) is 15.8 Å². The Morgan fingerprint density at radius 3 is 2.40 bits per heavy atom. The molecule has 0 aliphatic carbocycles. The van der Waals surface area contributed by atoms with Gasteiger partial charge in [0.1, 0.15) is 5.56 Å². The molecule has 0 spiro atoms. The van der Waals surface area contributed by atoms with E-state index in [-0.39, 0.29) is 5.69 Å². The largest absolute Gasteiger partial charge is 0.477 e. The number of anilines is 1. The second-order valence-corrected chi connectivity index (χ2v) is 5.24. The molecule has 1 aliphatic heterocycles. The Bertz CT molecular complexity index is 566. The minimum Gasteiger partial charge on any atom is -0.477 e. The third-order valence-electron chi connectivity index (χ3n) is 3.82. The summed E-state index contributed by atoms with van der Waals surface area (Å²) in [6, 6.07) is 1.74. The van der Waals surface area contributed by atoms with Crippen LogP contribution in [0.5, 0.6) is 0 Å². The van der Waals surface area contributed by atoms with E-state index in [0.29, 0.717) is 31.0 Å². The third-order valence-corrected chi connectivity index (χ3v) is 3.82. The second-order valence-electron chi connectivity index (χ2n) is 5.24. The Morgan fingerprint density at radius 1 is 1.40 bits per heavy atom. The summed E-state index contributed by atoms with van der Waals surface area (Å²) in [5.41, 5.74) is -1.10. The number of rotatable bonds is 3. The van der Waals surface area contributed by atoms with Crippen molar-refractivity contribution in [3.8, 4) is 0 Å². The lowest BCUT2D eigenvalue weighted by atomic mass is 10.0. The van der Waals surface area contributed by atoms with Crippen LogP contribution in [0.15, 0.2) is 12.1 Å². The van der Waals surface area contributed by atoms with Crippen LogP contribution in [0, 0.1) is 27.8 Å². The van der Waals surface area contributed by atoms with Gasteiger partial charge in [-0.3, -0.25) is 10.1 Å². The molecule has 1 aromatic rings. The molecule has 1 aromatic carbocycles. The molecule has 0 aromatic heterocycles. The van der Waals surface area contributed by atoms with Crippen molar-refractivity contribution in [1.29, 1.82) is 0 Å². The van der Waals surface area contributed by atoms with Crippen LogP contribution in [0.1, 0.15) is 24.2 Å². The van der Waals surface area contributed by atoms with Gasteiger partial charge in [-0.15, -0.1) is 0 Å². The number of nitro benzene ring substituents is 1. The highest BCUT2D eigenvalue weighted by Crippen LogP contribution is 2.33. The molecule has 7 heteroatoms. The summed E-state index contributed by atoms with van der Waals surface area (Å²) in [6.07, 6.45) is 0. The minimum atomic E-state index is -1.43. The molecule has 2 unspecified atom stereocenters. The molecule has 0 amide bonds. The Balaban J connectivity index is 2.48. The second kappa shape index (κ2) is 5.07. The Labute approximate surface area is 115 Å². The lowest BCUT2D eigenvalue weighted by Crippen LogP contribution is -2.21. The molecule has 0 radical (unpaired) electrons. The van der Waals surface area contributed by atoms with E-state index in [1.807, 2.05) is 13.8 Å². The average molecular weight is 282 g/mol. The number of carboxylic acids is 1. The van der Waals surface area contributed by atoms with E-state index in [1.165, 1.54) is 0 Å². The summed E-state index contributed by atoms with van der Waals surface area (Å²) >= 11 is 0. The minimum absolute atomic E-state index is 0.115. The SMILES string of the molecule is CC1CN(c2cc(C(=O)O)c([N+](=O)[O-])cc2F)CC1C. The van der Waals surface area contributed by atoms with Gasteiger partial charge in [-0.2, -0.15) is 0 Å². The van der Waals surface area contributed by atoms with Gasteiger partial charge in [0.05, 0.1) is 16.7 Å². The summed E-state index contributed by atoms with van der Waals surface area (Å²) < 4.78 is 14.0. The van der Waals surface area contributed by atoms with Gasteiger partial charge >= 0.3 is 5.97 Å². The maximum absolute atomic E-state index is 14.0. The monoisotopic (exact) mass is 282 g/mol. The van der Waals surface area contributed by atoms with Crippen molar-refractivity contribution in [2.75, 3.05) is 18.0 Å². The molecule has 2 atom stereocenters. The van der Waals surface area contributed by atoms with Crippen molar-refractivity contribution in [2.45, 2.75) is 13.8 Å². The molecule has 1 fully saturated rings. The molecule has 1 N–H and O–H groups in total. The zero-order valence-electron chi connectivity index (χ0n) is 11.2. The maximum atomic E-state index is 14.0. The quantitative estimate of drug-likeness (QED) is 0.680. The fourth-order valence-corrected chi connectivity index (χ4v) is 2.44. The number of aromatic carboxylic acids is 1. The van der Waals surface area contributed by atoms with Crippen molar-refractivity contribution in [3.05, 3.63) is 33.6 Å². The average Bonchev–Trinajstić information content (AvgIpc) is 2.68. The number of benzene rings is 1. The lowest BCUT2D eigenvalue weighted by Gasteiger charge is -2.19.